The van der Waals surface area contributed by atoms with Crippen LogP contribution in [0.2, 0.25) is 0 Å². The highest BCUT2D eigenvalue weighted by Crippen LogP contribution is 2.15. The molecule has 3 heteroatoms. The summed E-state index contributed by atoms with van der Waals surface area (Å²) in [6, 6.07) is 6.49. The lowest BCUT2D eigenvalue weighted by Crippen LogP contribution is -2.05. The van der Waals surface area contributed by atoms with E-state index >= 15 is 0 Å². The van der Waals surface area contributed by atoms with Crippen molar-refractivity contribution >= 4 is 17.1 Å². The average Bonchev–Trinajstić information content (AvgIpc) is 2.74. The van der Waals surface area contributed by atoms with Crippen LogP contribution in [0.25, 0.3) is 0 Å². The molecular formula is C13H11FOS. The van der Waals surface area contributed by atoms with E-state index in [9.17, 15) is 9.18 Å². The van der Waals surface area contributed by atoms with E-state index in [2.05, 4.69) is 0 Å². The molecular weight excluding hydrogens is 223 g/mol. The first-order valence-corrected chi connectivity index (χ1v) is 5.91. The van der Waals surface area contributed by atoms with Gasteiger partial charge in [0.15, 0.2) is 5.78 Å². The lowest BCUT2D eigenvalue weighted by Gasteiger charge is -2.02. The first-order valence-electron chi connectivity index (χ1n) is 4.97. The van der Waals surface area contributed by atoms with Gasteiger partial charge in [0.25, 0.3) is 0 Å². The SMILES string of the molecule is Cc1ccc(F)c(C(=O)Cc2ccsc2)c1. The molecule has 0 saturated carbocycles. The molecule has 16 heavy (non-hydrogen) atoms. The zero-order valence-corrected chi connectivity index (χ0v) is 9.68. The third-order valence-electron chi connectivity index (χ3n) is 2.37. The number of aryl methyl sites for hydroxylation is 1. The third-order valence-corrected chi connectivity index (χ3v) is 3.10. The monoisotopic (exact) mass is 234 g/mol. The summed E-state index contributed by atoms with van der Waals surface area (Å²) in [5.74, 6) is -0.606. The molecule has 0 fully saturated rings. The van der Waals surface area contributed by atoms with E-state index in [4.69, 9.17) is 0 Å². The van der Waals surface area contributed by atoms with Gasteiger partial charge in [0.05, 0.1) is 5.56 Å². The Labute approximate surface area is 97.6 Å². The van der Waals surface area contributed by atoms with Gasteiger partial charge in [-0.2, -0.15) is 11.3 Å². The molecule has 2 rings (SSSR count). The van der Waals surface area contributed by atoms with Gasteiger partial charge in [0.1, 0.15) is 5.82 Å². The van der Waals surface area contributed by atoms with Crippen LogP contribution < -0.4 is 0 Å². The van der Waals surface area contributed by atoms with Crippen LogP contribution in [0.5, 0.6) is 0 Å². The summed E-state index contributed by atoms with van der Waals surface area (Å²) in [6.07, 6.45) is 0.268. The average molecular weight is 234 g/mol. The molecule has 1 aromatic heterocycles. The van der Waals surface area contributed by atoms with E-state index in [0.29, 0.717) is 0 Å². The lowest BCUT2D eigenvalue weighted by atomic mass is 10.0. The van der Waals surface area contributed by atoms with Gasteiger partial charge in [-0.15, -0.1) is 0 Å². The van der Waals surface area contributed by atoms with Crippen LogP contribution in [-0.2, 0) is 6.42 Å². The Kier molecular flexibility index (Phi) is 3.15. The number of halogens is 1. The van der Waals surface area contributed by atoms with E-state index in [1.807, 2.05) is 23.8 Å². The summed E-state index contributed by atoms with van der Waals surface area (Å²) in [7, 11) is 0. The predicted molar refractivity (Wildman–Crippen MR) is 63.5 cm³/mol. The molecule has 0 N–H and O–H groups in total. The second kappa shape index (κ2) is 4.58. The van der Waals surface area contributed by atoms with Crippen molar-refractivity contribution in [3.63, 3.8) is 0 Å². The van der Waals surface area contributed by atoms with Crippen molar-refractivity contribution < 1.29 is 9.18 Å². The maximum Gasteiger partial charge on any atom is 0.170 e. The number of hydrogen-bond acceptors (Lipinski definition) is 2. The Morgan fingerprint density at radius 3 is 2.88 bits per heavy atom. The number of thiophene rings is 1. The molecule has 1 nitrogen and oxygen atoms in total. The zero-order valence-electron chi connectivity index (χ0n) is 8.87. The van der Waals surface area contributed by atoms with E-state index < -0.39 is 5.82 Å². The highest BCUT2D eigenvalue weighted by molar-refractivity contribution is 7.08. The molecule has 0 bridgehead atoms. The van der Waals surface area contributed by atoms with Crippen molar-refractivity contribution in [3.8, 4) is 0 Å². The van der Waals surface area contributed by atoms with Gasteiger partial charge < -0.3 is 0 Å². The minimum absolute atomic E-state index is 0.167. The minimum Gasteiger partial charge on any atom is -0.294 e. The summed E-state index contributed by atoms with van der Waals surface area (Å²) in [5.41, 5.74) is 2.03. The maximum atomic E-state index is 13.4. The molecule has 0 aliphatic carbocycles. The highest BCUT2D eigenvalue weighted by atomic mass is 32.1. The number of Topliss-reactive ketones (excluding diaryl/α,β-unsaturated/α-hetero) is 1. The summed E-state index contributed by atoms with van der Waals surface area (Å²) >= 11 is 1.54. The Morgan fingerprint density at radius 2 is 2.19 bits per heavy atom. The molecule has 0 aliphatic rings. The predicted octanol–water partition coefficient (Wildman–Crippen LogP) is 3.62. The van der Waals surface area contributed by atoms with Crippen molar-refractivity contribution in [2.75, 3.05) is 0 Å². The van der Waals surface area contributed by atoms with Gasteiger partial charge in [-0.1, -0.05) is 11.6 Å². The number of carbonyl (C=O) groups excluding carboxylic acids is 1. The van der Waals surface area contributed by atoms with E-state index in [1.54, 1.807) is 12.1 Å². The Morgan fingerprint density at radius 1 is 1.38 bits per heavy atom. The van der Waals surface area contributed by atoms with Gasteiger partial charge in [-0.3, -0.25) is 4.79 Å². The van der Waals surface area contributed by atoms with Crippen molar-refractivity contribution in [2.24, 2.45) is 0 Å². The van der Waals surface area contributed by atoms with Gasteiger partial charge in [-0.05, 0) is 41.4 Å². The zero-order chi connectivity index (χ0) is 11.5. The third kappa shape index (κ3) is 2.36. The second-order valence-corrected chi connectivity index (χ2v) is 4.49. The minimum atomic E-state index is -0.439. The van der Waals surface area contributed by atoms with Crippen LogP contribution in [0, 0.1) is 12.7 Å². The summed E-state index contributed by atoms with van der Waals surface area (Å²) in [4.78, 5) is 11.8. The molecule has 1 heterocycles. The molecule has 82 valence electrons. The van der Waals surface area contributed by atoms with Gasteiger partial charge in [-0.25, -0.2) is 4.39 Å². The van der Waals surface area contributed by atoms with E-state index in [0.717, 1.165) is 11.1 Å². The maximum absolute atomic E-state index is 13.4. The van der Waals surface area contributed by atoms with Crippen molar-refractivity contribution in [2.45, 2.75) is 13.3 Å². The number of hydrogen-bond donors (Lipinski definition) is 0. The van der Waals surface area contributed by atoms with Crippen molar-refractivity contribution in [1.82, 2.24) is 0 Å². The number of rotatable bonds is 3. The molecule has 0 radical (unpaired) electrons. The fourth-order valence-corrected chi connectivity index (χ4v) is 2.20. The van der Waals surface area contributed by atoms with Crippen LogP contribution in [0.1, 0.15) is 21.5 Å². The van der Waals surface area contributed by atoms with Crippen LogP contribution in [0.3, 0.4) is 0 Å². The fourth-order valence-electron chi connectivity index (χ4n) is 1.53. The lowest BCUT2D eigenvalue weighted by molar-refractivity contribution is 0.0989. The van der Waals surface area contributed by atoms with Crippen molar-refractivity contribution in [1.29, 1.82) is 0 Å². The standard InChI is InChI=1S/C13H11FOS/c1-9-2-3-12(14)11(6-9)13(15)7-10-4-5-16-8-10/h2-6,8H,7H2,1H3. The molecule has 0 unspecified atom stereocenters. The summed E-state index contributed by atoms with van der Waals surface area (Å²) in [5, 5.41) is 3.82. The van der Waals surface area contributed by atoms with Crippen LogP contribution in [0.4, 0.5) is 4.39 Å². The molecule has 0 atom stereocenters. The van der Waals surface area contributed by atoms with E-state index in [1.165, 1.54) is 17.4 Å². The molecule has 2 aromatic rings. The number of benzene rings is 1. The van der Waals surface area contributed by atoms with Crippen molar-refractivity contribution in [3.05, 3.63) is 57.5 Å². The van der Waals surface area contributed by atoms with Gasteiger partial charge in [0.2, 0.25) is 0 Å². The topological polar surface area (TPSA) is 17.1 Å². The Hall–Kier alpha value is -1.48. The van der Waals surface area contributed by atoms with Crippen LogP contribution in [-0.4, -0.2) is 5.78 Å². The van der Waals surface area contributed by atoms with E-state index in [-0.39, 0.29) is 17.8 Å². The number of carbonyl (C=O) groups is 1. The van der Waals surface area contributed by atoms with Crippen LogP contribution >= 0.6 is 11.3 Å². The molecule has 0 spiro atoms. The summed E-state index contributed by atoms with van der Waals surface area (Å²) in [6.45, 7) is 1.85. The van der Waals surface area contributed by atoms with Gasteiger partial charge in [0, 0.05) is 6.42 Å². The van der Waals surface area contributed by atoms with Gasteiger partial charge >= 0.3 is 0 Å². The molecule has 1 aromatic carbocycles. The molecule has 0 amide bonds. The largest absolute Gasteiger partial charge is 0.294 e. The second-order valence-electron chi connectivity index (χ2n) is 3.71. The number of ketones is 1. The normalized spacial score (nSPS) is 10.4. The fraction of sp³-hybridized carbons (Fsp3) is 0.154. The highest BCUT2D eigenvalue weighted by Gasteiger charge is 2.12. The Bertz CT molecular complexity index is 503. The smallest absolute Gasteiger partial charge is 0.170 e. The molecule has 0 saturated heterocycles. The quantitative estimate of drug-likeness (QED) is 0.741. The first kappa shape index (κ1) is 11.0. The molecule has 0 aliphatic heterocycles. The first-order chi connectivity index (χ1) is 7.66. The Balaban J connectivity index is 2.24. The van der Waals surface area contributed by atoms with Crippen LogP contribution in [0.15, 0.2) is 35.0 Å². The summed E-state index contributed by atoms with van der Waals surface area (Å²) < 4.78 is 13.4.